The summed E-state index contributed by atoms with van der Waals surface area (Å²) in [5.41, 5.74) is 0.454. The highest BCUT2D eigenvalue weighted by molar-refractivity contribution is 4.95. The summed E-state index contributed by atoms with van der Waals surface area (Å²) in [5, 5.41) is 0. The first kappa shape index (κ1) is 10.4. The van der Waals surface area contributed by atoms with E-state index in [9.17, 15) is 0 Å². The maximum atomic E-state index is 2.72. The van der Waals surface area contributed by atoms with E-state index >= 15 is 0 Å². The second kappa shape index (κ2) is 3.49. The summed E-state index contributed by atoms with van der Waals surface area (Å²) in [6, 6.07) is 0.860. The predicted octanol–water partition coefficient (Wildman–Crippen LogP) is 1.67. The molecule has 0 aromatic rings. The highest BCUT2D eigenvalue weighted by atomic mass is 15.3. The van der Waals surface area contributed by atoms with Crippen LogP contribution in [0.5, 0.6) is 0 Å². The summed E-state index contributed by atoms with van der Waals surface area (Å²) in [5.74, 6) is 0.961. The number of fused-ring (bicyclic) bond motifs is 1. The van der Waals surface area contributed by atoms with Crippen molar-refractivity contribution in [3.63, 3.8) is 0 Å². The molecule has 2 fully saturated rings. The van der Waals surface area contributed by atoms with Crippen LogP contribution in [0, 0.1) is 11.3 Å². The molecule has 2 atom stereocenters. The van der Waals surface area contributed by atoms with Gasteiger partial charge in [0.05, 0.1) is 0 Å². The Kier molecular flexibility index (Phi) is 2.61. The van der Waals surface area contributed by atoms with Crippen LogP contribution >= 0.6 is 0 Å². The van der Waals surface area contributed by atoms with E-state index in [0.29, 0.717) is 5.41 Å². The Morgan fingerprint density at radius 1 is 1.21 bits per heavy atom. The van der Waals surface area contributed by atoms with Crippen LogP contribution in [0.15, 0.2) is 0 Å². The number of nitrogens with zero attached hydrogens (tertiary/aromatic N) is 2. The lowest BCUT2D eigenvalue weighted by atomic mass is 9.95. The molecule has 0 N–H and O–H groups in total. The fraction of sp³-hybridized carbons (Fsp3) is 1.00. The summed E-state index contributed by atoms with van der Waals surface area (Å²) in [6.45, 7) is 12.3. The van der Waals surface area contributed by atoms with Crippen molar-refractivity contribution < 1.29 is 0 Å². The third-order valence-corrected chi connectivity index (χ3v) is 3.52. The van der Waals surface area contributed by atoms with Crippen LogP contribution in [0.25, 0.3) is 0 Å². The monoisotopic (exact) mass is 196 g/mol. The molecule has 0 spiro atoms. The van der Waals surface area contributed by atoms with Gasteiger partial charge in [-0.15, -0.1) is 0 Å². The Morgan fingerprint density at radius 3 is 2.57 bits per heavy atom. The van der Waals surface area contributed by atoms with Crippen molar-refractivity contribution in [3.8, 4) is 0 Å². The maximum Gasteiger partial charge on any atom is 0.0264 e. The van der Waals surface area contributed by atoms with Crippen molar-refractivity contribution in [1.82, 2.24) is 9.80 Å². The summed E-state index contributed by atoms with van der Waals surface area (Å²) in [4.78, 5) is 5.21. The van der Waals surface area contributed by atoms with Crippen LogP contribution in [-0.2, 0) is 0 Å². The molecule has 82 valence electrons. The topological polar surface area (TPSA) is 6.48 Å². The second-order valence-electron chi connectivity index (χ2n) is 6.37. The SMILES string of the molecule is CN1CC2CCN(CC(C)(C)C)C2C1. The van der Waals surface area contributed by atoms with E-state index in [1.165, 1.54) is 32.6 Å². The molecule has 2 rings (SSSR count). The second-order valence-corrected chi connectivity index (χ2v) is 6.37. The molecule has 2 aliphatic rings. The standard InChI is InChI=1S/C12H24N2/c1-12(2,3)9-14-6-5-10-7-13(4)8-11(10)14/h10-11H,5-9H2,1-4H3. The van der Waals surface area contributed by atoms with E-state index in [2.05, 4.69) is 37.6 Å². The van der Waals surface area contributed by atoms with E-state index in [1.807, 2.05) is 0 Å². The molecule has 2 nitrogen and oxygen atoms in total. The normalized spacial score (nSPS) is 35.1. The van der Waals surface area contributed by atoms with Gasteiger partial charge < -0.3 is 4.90 Å². The highest BCUT2D eigenvalue weighted by Crippen LogP contribution is 2.32. The lowest BCUT2D eigenvalue weighted by Gasteiger charge is -2.30. The van der Waals surface area contributed by atoms with Gasteiger partial charge in [0.2, 0.25) is 0 Å². The van der Waals surface area contributed by atoms with Gasteiger partial charge in [0.25, 0.3) is 0 Å². The van der Waals surface area contributed by atoms with Gasteiger partial charge in [0.15, 0.2) is 0 Å². The maximum absolute atomic E-state index is 2.72. The van der Waals surface area contributed by atoms with E-state index in [0.717, 1.165) is 12.0 Å². The molecule has 0 aromatic heterocycles. The molecule has 0 aromatic carbocycles. The van der Waals surface area contributed by atoms with Crippen molar-refractivity contribution in [1.29, 1.82) is 0 Å². The van der Waals surface area contributed by atoms with Gasteiger partial charge in [0.1, 0.15) is 0 Å². The van der Waals surface area contributed by atoms with Crippen molar-refractivity contribution in [2.75, 3.05) is 33.2 Å². The molecular weight excluding hydrogens is 172 g/mol. The third kappa shape index (κ3) is 2.12. The van der Waals surface area contributed by atoms with Gasteiger partial charge in [-0.3, -0.25) is 4.90 Å². The van der Waals surface area contributed by atoms with Crippen molar-refractivity contribution in [2.24, 2.45) is 11.3 Å². The summed E-state index contributed by atoms with van der Waals surface area (Å²) in [7, 11) is 2.26. The molecule has 0 aliphatic carbocycles. The van der Waals surface area contributed by atoms with E-state index in [-0.39, 0.29) is 0 Å². The molecule has 14 heavy (non-hydrogen) atoms. The average molecular weight is 196 g/mol. The Balaban J connectivity index is 1.95. The first-order valence-electron chi connectivity index (χ1n) is 5.88. The van der Waals surface area contributed by atoms with E-state index in [1.54, 1.807) is 0 Å². The van der Waals surface area contributed by atoms with Crippen LogP contribution in [0.2, 0.25) is 0 Å². The van der Waals surface area contributed by atoms with Crippen LogP contribution in [0.1, 0.15) is 27.2 Å². The Bertz CT molecular complexity index is 207. The minimum Gasteiger partial charge on any atom is -0.304 e. The van der Waals surface area contributed by atoms with E-state index < -0.39 is 0 Å². The number of hydrogen-bond donors (Lipinski definition) is 0. The van der Waals surface area contributed by atoms with Crippen LogP contribution < -0.4 is 0 Å². The summed E-state index contributed by atoms with van der Waals surface area (Å²) in [6.07, 6.45) is 1.42. The number of hydrogen-bond acceptors (Lipinski definition) is 2. The van der Waals surface area contributed by atoms with Gasteiger partial charge >= 0.3 is 0 Å². The fourth-order valence-corrected chi connectivity index (χ4v) is 3.07. The zero-order valence-electron chi connectivity index (χ0n) is 10.1. The lowest BCUT2D eigenvalue weighted by molar-refractivity contribution is 0.169. The predicted molar refractivity (Wildman–Crippen MR) is 60.4 cm³/mol. The molecule has 0 saturated carbocycles. The van der Waals surface area contributed by atoms with Gasteiger partial charge in [-0.25, -0.2) is 0 Å². The van der Waals surface area contributed by atoms with Crippen LogP contribution in [0.3, 0.4) is 0 Å². The molecule has 2 unspecified atom stereocenters. The fourth-order valence-electron chi connectivity index (χ4n) is 3.07. The first-order valence-corrected chi connectivity index (χ1v) is 5.88. The van der Waals surface area contributed by atoms with Crippen molar-refractivity contribution in [2.45, 2.75) is 33.2 Å². The summed E-state index contributed by atoms with van der Waals surface area (Å²) < 4.78 is 0. The van der Waals surface area contributed by atoms with Gasteiger partial charge in [0, 0.05) is 25.7 Å². The largest absolute Gasteiger partial charge is 0.304 e. The molecule has 2 saturated heterocycles. The number of rotatable bonds is 1. The molecule has 0 amide bonds. The third-order valence-electron chi connectivity index (χ3n) is 3.52. The van der Waals surface area contributed by atoms with Gasteiger partial charge in [-0.05, 0) is 31.3 Å². The molecule has 0 bridgehead atoms. The number of likely N-dealkylation sites (N-methyl/N-ethyl adjacent to an activating group) is 1. The van der Waals surface area contributed by atoms with E-state index in [4.69, 9.17) is 0 Å². The molecule has 0 radical (unpaired) electrons. The van der Waals surface area contributed by atoms with Crippen LogP contribution in [-0.4, -0.2) is 49.1 Å². The zero-order valence-corrected chi connectivity index (χ0v) is 10.1. The minimum absolute atomic E-state index is 0.454. The quantitative estimate of drug-likeness (QED) is 0.629. The molecule has 2 aliphatic heterocycles. The molecule has 2 heteroatoms. The lowest BCUT2D eigenvalue weighted by Crippen LogP contribution is -2.39. The Morgan fingerprint density at radius 2 is 1.93 bits per heavy atom. The van der Waals surface area contributed by atoms with Crippen LogP contribution in [0.4, 0.5) is 0 Å². The summed E-state index contributed by atoms with van der Waals surface area (Å²) >= 11 is 0. The minimum atomic E-state index is 0.454. The number of likely N-dealkylation sites (tertiary alicyclic amines) is 2. The molecule has 2 heterocycles. The highest BCUT2D eigenvalue weighted by Gasteiger charge is 2.40. The van der Waals surface area contributed by atoms with Gasteiger partial charge in [-0.1, -0.05) is 20.8 Å². The van der Waals surface area contributed by atoms with Crippen molar-refractivity contribution >= 4 is 0 Å². The Hall–Kier alpha value is -0.0800. The Labute approximate surface area is 88.3 Å². The average Bonchev–Trinajstić information content (AvgIpc) is 2.49. The first-order chi connectivity index (χ1) is 6.46. The smallest absolute Gasteiger partial charge is 0.0264 e. The van der Waals surface area contributed by atoms with Gasteiger partial charge in [-0.2, -0.15) is 0 Å². The van der Waals surface area contributed by atoms with Crippen molar-refractivity contribution in [3.05, 3.63) is 0 Å². The molecular formula is C12H24N2. The zero-order chi connectivity index (χ0) is 10.3.